The monoisotopic (exact) mass is 357 g/mol. The number of aryl methyl sites for hydroxylation is 1. The highest BCUT2D eigenvalue weighted by Crippen LogP contribution is 2.41. The van der Waals surface area contributed by atoms with Crippen molar-refractivity contribution in [2.75, 3.05) is 6.54 Å². The normalized spacial score (nSPS) is 20.9. The van der Waals surface area contributed by atoms with Gasteiger partial charge in [0.05, 0.1) is 17.7 Å². The van der Waals surface area contributed by atoms with Crippen molar-refractivity contribution >= 4 is 28.8 Å². The summed E-state index contributed by atoms with van der Waals surface area (Å²) >= 11 is 1.40. The fourth-order valence-electron chi connectivity index (χ4n) is 2.96. The first-order valence-electron chi connectivity index (χ1n) is 7.97. The standard InChI is InChI=1S/C19H19NO4S/c1-11-5-7-13(8-6-11)17(22)15-16(14-4-3-9-25-14)20(10-12(2)21)19(24)18(15)23/h3-9,12,16,21-22H,10H2,1-2H3. The van der Waals surface area contributed by atoms with Crippen molar-refractivity contribution in [1.29, 1.82) is 0 Å². The van der Waals surface area contributed by atoms with Gasteiger partial charge in [0.1, 0.15) is 5.76 Å². The average Bonchev–Trinajstić information content (AvgIpc) is 3.17. The number of benzene rings is 1. The van der Waals surface area contributed by atoms with Crippen molar-refractivity contribution in [3.05, 3.63) is 63.4 Å². The molecule has 2 unspecified atom stereocenters. The van der Waals surface area contributed by atoms with Gasteiger partial charge < -0.3 is 15.1 Å². The van der Waals surface area contributed by atoms with Gasteiger partial charge in [-0.05, 0) is 25.3 Å². The molecule has 1 fully saturated rings. The van der Waals surface area contributed by atoms with Crippen molar-refractivity contribution in [2.45, 2.75) is 26.0 Å². The Bertz CT molecular complexity index is 822. The maximum absolute atomic E-state index is 12.6. The molecule has 25 heavy (non-hydrogen) atoms. The van der Waals surface area contributed by atoms with E-state index in [1.807, 2.05) is 36.6 Å². The molecule has 0 aliphatic carbocycles. The molecule has 0 bridgehead atoms. The Balaban J connectivity index is 2.15. The van der Waals surface area contributed by atoms with E-state index in [0.29, 0.717) is 5.56 Å². The van der Waals surface area contributed by atoms with Crippen LogP contribution in [0.4, 0.5) is 0 Å². The van der Waals surface area contributed by atoms with Crippen LogP contribution in [0.3, 0.4) is 0 Å². The van der Waals surface area contributed by atoms with Crippen molar-refractivity contribution < 1.29 is 19.8 Å². The molecule has 0 radical (unpaired) electrons. The Labute approximate surface area is 149 Å². The Hall–Kier alpha value is -2.44. The van der Waals surface area contributed by atoms with Crippen LogP contribution < -0.4 is 0 Å². The first-order valence-corrected chi connectivity index (χ1v) is 8.85. The molecule has 0 spiro atoms. The SMILES string of the molecule is Cc1ccc(C(O)=C2C(=O)C(=O)N(CC(C)O)C2c2cccs2)cc1. The van der Waals surface area contributed by atoms with Crippen LogP contribution in [0.1, 0.15) is 29.0 Å². The third-order valence-corrected chi connectivity index (χ3v) is 5.06. The number of hydrogen-bond acceptors (Lipinski definition) is 5. The molecular formula is C19H19NO4S. The number of nitrogens with zero attached hydrogens (tertiary/aromatic N) is 1. The summed E-state index contributed by atoms with van der Waals surface area (Å²) in [7, 11) is 0. The van der Waals surface area contributed by atoms with E-state index in [-0.39, 0.29) is 17.9 Å². The first-order chi connectivity index (χ1) is 11.9. The van der Waals surface area contributed by atoms with Gasteiger partial charge in [-0.25, -0.2) is 0 Å². The van der Waals surface area contributed by atoms with Crippen molar-refractivity contribution in [2.24, 2.45) is 0 Å². The number of aliphatic hydroxyl groups is 2. The first kappa shape index (κ1) is 17.4. The number of aliphatic hydroxyl groups excluding tert-OH is 2. The Morgan fingerprint density at radius 2 is 1.92 bits per heavy atom. The van der Waals surface area contributed by atoms with Gasteiger partial charge in [0, 0.05) is 17.0 Å². The second-order valence-corrected chi connectivity index (χ2v) is 7.16. The van der Waals surface area contributed by atoms with Crippen LogP contribution in [0.5, 0.6) is 0 Å². The van der Waals surface area contributed by atoms with E-state index in [1.165, 1.54) is 16.2 Å². The quantitative estimate of drug-likeness (QED) is 0.501. The van der Waals surface area contributed by atoms with E-state index in [0.717, 1.165) is 10.4 Å². The second-order valence-electron chi connectivity index (χ2n) is 6.18. The van der Waals surface area contributed by atoms with Crippen LogP contribution >= 0.6 is 11.3 Å². The minimum absolute atomic E-state index is 0.0256. The summed E-state index contributed by atoms with van der Waals surface area (Å²) in [6.07, 6.45) is -0.778. The maximum atomic E-state index is 12.6. The molecule has 5 nitrogen and oxygen atoms in total. The highest BCUT2D eigenvalue weighted by Gasteiger charge is 2.46. The average molecular weight is 357 g/mol. The number of Topliss-reactive ketones (excluding diaryl/α,β-unsaturated/α-hetero) is 1. The van der Waals surface area contributed by atoms with Gasteiger partial charge in [-0.2, -0.15) is 0 Å². The number of hydrogen-bond donors (Lipinski definition) is 2. The fourth-order valence-corrected chi connectivity index (χ4v) is 3.81. The minimum atomic E-state index is -0.778. The van der Waals surface area contributed by atoms with E-state index in [1.54, 1.807) is 19.1 Å². The lowest BCUT2D eigenvalue weighted by atomic mass is 9.99. The van der Waals surface area contributed by atoms with Crippen molar-refractivity contribution in [3.8, 4) is 0 Å². The highest BCUT2D eigenvalue weighted by molar-refractivity contribution is 7.10. The molecule has 3 rings (SSSR count). The van der Waals surface area contributed by atoms with Crippen molar-refractivity contribution in [3.63, 3.8) is 0 Å². The van der Waals surface area contributed by atoms with Crippen LogP contribution in [-0.2, 0) is 9.59 Å². The smallest absolute Gasteiger partial charge is 0.295 e. The van der Waals surface area contributed by atoms with Crippen LogP contribution in [0.15, 0.2) is 47.4 Å². The van der Waals surface area contributed by atoms with Crippen LogP contribution in [-0.4, -0.2) is 39.5 Å². The Morgan fingerprint density at radius 1 is 1.24 bits per heavy atom. The molecule has 1 aromatic heterocycles. The topological polar surface area (TPSA) is 77.8 Å². The minimum Gasteiger partial charge on any atom is -0.507 e. The third-order valence-electron chi connectivity index (χ3n) is 4.14. The number of likely N-dealkylation sites (tertiary alicyclic amines) is 1. The van der Waals surface area contributed by atoms with Gasteiger partial charge in [0.15, 0.2) is 0 Å². The summed E-state index contributed by atoms with van der Waals surface area (Å²) in [6, 6.07) is 10.1. The lowest BCUT2D eigenvalue weighted by Crippen LogP contribution is -2.35. The molecule has 2 N–H and O–H groups in total. The lowest BCUT2D eigenvalue weighted by molar-refractivity contribution is -0.140. The molecule has 6 heteroatoms. The zero-order valence-corrected chi connectivity index (χ0v) is 14.8. The van der Waals surface area contributed by atoms with Crippen LogP contribution in [0, 0.1) is 6.92 Å². The van der Waals surface area contributed by atoms with Crippen LogP contribution in [0.25, 0.3) is 5.76 Å². The second kappa shape index (κ2) is 6.82. The molecule has 130 valence electrons. The zero-order valence-electron chi connectivity index (χ0n) is 14.0. The zero-order chi connectivity index (χ0) is 18.1. The third kappa shape index (κ3) is 3.23. The van der Waals surface area contributed by atoms with Crippen molar-refractivity contribution in [1.82, 2.24) is 4.90 Å². The molecule has 1 aliphatic heterocycles. The van der Waals surface area contributed by atoms with E-state index in [4.69, 9.17) is 0 Å². The molecular weight excluding hydrogens is 338 g/mol. The summed E-state index contributed by atoms with van der Waals surface area (Å²) in [5.41, 5.74) is 1.58. The van der Waals surface area contributed by atoms with Gasteiger partial charge in [-0.1, -0.05) is 35.9 Å². The maximum Gasteiger partial charge on any atom is 0.295 e. The molecule has 1 saturated heterocycles. The number of amides is 1. The largest absolute Gasteiger partial charge is 0.507 e. The molecule has 0 saturated carbocycles. The number of carbonyl (C=O) groups excluding carboxylic acids is 2. The highest BCUT2D eigenvalue weighted by atomic mass is 32.1. The fraction of sp³-hybridized carbons (Fsp3) is 0.263. The summed E-state index contributed by atoms with van der Waals surface area (Å²) < 4.78 is 0. The van der Waals surface area contributed by atoms with E-state index < -0.39 is 23.8 Å². The van der Waals surface area contributed by atoms with Gasteiger partial charge in [0.2, 0.25) is 0 Å². The predicted molar refractivity (Wildman–Crippen MR) is 96.2 cm³/mol. The Morgan fingerprint density at radius 3 is 2.48 bits per heavy atom. The number of carbonyl (C=O) groups is 2. The number of ketones is 1. The lowest BCUT2D eigenvalue weighted by Gasteiger charge is -2.25. The molecule has 2 heterocycles. The summed E-state index contributed by atoms with van der Waals surface area (Å²) in [5.74, 6) is -1.62. The molecule has 2 atom stereocenters. The molecule has 1 amide bonds. The van der Waals surface area contributed by atoms with Crippen LogP contribution in [0.2, 0.25) is 0 Å². The van der Waals surface area contributed by atoms with E-state index >= 15 is 0 Å². The number of rotatable bonds is 4. The van der Waals surface area contributed by atoms with Gasteiger partial charge in [-0.15, -0.1) is 11.3 Å². The van der Waals surface area contributed by atoms with E-state index in [9.17, 15) is 19.8 Å². The predicted octanol–water partition coefficient (Wildman–Crippen LogP) is 2.86. The molecule has 1 aliphatic rings. The number of β-amino-alcohol motifs (C(OH)–C–C–N with tert-alkyl or cyclic N) is 1. The Kier molecular flexibility index (Phi) is 4.74. The molecule has 2 aromatic rings. The van der Waals surface area contributed by atoms with Gasteiger partial charge >= 0.3 is 0 Å². The van der Waals surface area contributed by atoms with E-state index in [2.05, 4.69) is 0 Å². The number of thiophene rings is 1. The molecule has 1 aromatic carbocycles. The van der Waals surface area contributed by atoms with Gasteiger partial charge in [-0.3, -0.25) is 9.59 Å². The summed E-state index contributed by atoms with van der Waals surface area (Å²) in [5, 5.41) is 22.3. The summed E-state index contributed by atoms with van der Waals surface area (Å²) in [4.78, 5) is 27.2. The van der Waals surface area contributed by atoms with Gasteiger partial charge in [0.25, 0.3) is 11.7 Å². The summed E-state index contributed by atoms with van der Waals surface area (Å²) in [6.45, 7) is 3.51.